The molecule has 1 atom stereocenters. The van der Waals surface area contributed by atoms with Gasteiger partial charge in [-0.2, -0.15) is 0 Å². The van der Waals surface area contributed by atoms with Gasteiger partial charge < -0.3 is 14.6 Å². The van der Waals surface area contributed by atoms with Crippen molar-refractivity contribution in [1.82, 2.24) is 14.9 Å². The minimum absolute atomic E-state index is 0.280. The molecular formula is C16H23N3O. The lowest BCUT2D eigenvalue weighted by Gasteiger charge is -2.18. The van der Waals surface area contributed by atoms with Gasteiger partial charge in [-0.25, -0.2) is 4.98 Å². The van der Waals surface area contributed by atoms with Crippen molar-refractivity contribution in [3.8, 4) is 5.75 Å². The number of nitrogens with zero attached hydrogens (tertiary/aromatic N) is 2. The first-order valence-corrected chi connectivity index (χ1v) is 7.03. The molecule has 0 bridgehead atoms. The van der Waals surface area contributed by atoms with Gasteiger partial charge in [0.25, 0.3) is 0 Å². The molecule has 1 aromatic heterocycles. The zero-order chi connectivity index (χ0) is 14.5. The summed E-state index contributed by atoms with van der Waals surface area (Å²) in [5.74, 6) is 0.944. The van der Waals surface area contributed by atoms with Crippen molar-refractivity contribution < 1.29 is 4.74 Å². The van der Waals surface area contributed by atoms with E-state index in [0.717, 1.165) is 18.0 Å². The van der Waals surface area contributed by atoms with Gasteiger partial charge in [0.05, 0.1) is 18.2 Å². The smallest absolute Gasteiger partial charge is 0.130 e. The molecule has 1 heterocycles. The van der Waals surface area contributed by atoms with Crippen LogP contribution in [0.25, 0.3) is 0 Å². The van der Waals surface area contributed by atoms with E-state index in [2.05, 4.69) is 49.3 Å². The average Bonchev–Trinajstić information content (AvgIpc) is 2.82. The molecule has 0 fully saturated rings. The highest BCUT2D eigenvalue weighted by Gasteiger charge is 2.11. The largest absolute Gasteiger partial charge is 0.487 e. The van der Waals surface area contributed by atoms with E-state index in [-0.39, 0.29) is 6.04 Å². The summed E-state index contributed by atoms with van der Waals surface area (Å²) in [7, 11) is 1.98. The van der Waals surface area contributed by atoms with E-state index >= 15 is 0 Å². The standard InChI is InChI=1S/C16H23N3O/c1-5-18-13(3)15-7-6-12(2)8-16(15)20-10-14-9-17-11-19(14)4/h6-9,11,13,18H,5,10H2,1-4H3. The molecule has 4 heteroatoms. The Morgan fingerprint density at radius 1 is 1.40 bits per heavy atom. The maximum absolute atomic E-state index is 6.01. The Balaban J connectivity index is 2.17. The molecular weight excluding hydrogens is 250 g/mol. The van der Waals surface area contributed by atoms with Crippen molar-refractivity contribution in [2.45, 2.75) is 33.4 Å². The number of hydrogen-bond acceptors (Lipinski definition) is 3. The van der Waals surface area contributed by atoms with E-state index in [9.17, 15) is 0 Å². The van der Waals surface area contributed by atoms with E-state index in [1.54, 1.807) is 6.33 Å². The van der Waals surface area contributed by atoms with Crippen LogP contribution < -0.4 is 10.1 Å². The summed E-state index contributed by atoms with van der Waals surface area (Å²) in [6.07, 6.45) is 3.63. The molecule has 0 aliphatic heterocycles. The molecule has 2 aromatic rings. The molecule has 0 saturated heterocycles. The molecule has 0 aliphatic carbocycles. The number of benzene rings is 1. The summed E-state index contributed by atoms with van der Waals surface area (Å²) in [5, 5.41) is 3.43. The Labute approximate surface area is 120 Å². The number of aryl methyl sites for hydroxylation is 2. The van der Waals surface area contributed by atoms with Crippen LogP contribution in [0, 0.1) is 6.92 Å². The molecule has 108 valence electrons. The molecule has 1 N–H and O–H groups in total. The highest BCUT2D eigenvalue weighted by molar-refractivity contribution is 5.39. The fourth-order valence-electron chi connectivity index (χ4n) is 2.22. The number of aromatic nitrogens is 2. The highest BCUT2D eigenvalue weighted by Crippen LogP contribution is 2.27. The second-order valence-corrected chi connectivity index (χ2v) is 5.11. The summed E-state index contributed by atoms with van der Waals surface area (Å²) in [5.41, 5.74) is 3.46. The van der Waals surface area contributed by atoms with E-state index in [4.69, 9.17) is 4.74 Å². The summed E-state index contributed by atoms with van der Waals surface area (Å²) in [6.45, 7) is 7.83. The number of imidazole rings is 1. The molecule has 0 aliphatic rings. The SMILES string of the molecule is CCNC(C)c1ccc(C)cc1OCc1cncn1C. The van der Waals surface area contributed by atoms with Crippen LogP contribution in [0.4, 0.5) is 0 Å². The van der Waals surface area contributed by atoms with Gasteiger partial charge in [-0.05, 0) is 32.0 Å². The van der Waals surface area contributed by atoms with E-state index in [0.29, 0.717) is 6.61 Å². The van der Waals surface area contributed by atoms with Gasteiger partial charge in [-0.3, -0.25) is 0 Å². The van der Waals surface area contributed by atoms with E-state index < -0.39 is 0 Å². The molecule has 0 spiro atoms. The maximum atomic E-state index is 6.01. The third kappa shape index (κ3) is 3.39. The van der Waals surface area contributed by atoms with Crippen molar-refractivity contribution in [2.24, 2.45) is 7.05 Å². The predicted molar refractivity (Wildman–Crippen MR) is 80.8 cm³/mol. The Morgan fingerprint density at radius 2 is 2.20 bits per heavy atom. The Bertz CT molecular complexity index is 563. The van der Waals surface area contributed by atoms with Crippen molar-refractivity contribution in [3.05, 3.63) is 47.5 Å². The van der Waals surface area contributed by atoms with Gasteiger partial charge in [0.1, 0.15) is 12.4 Å². The van der Waals surface area contributed by atoms with Crippen molar-refractivity contribution in [3.63, 3.8) is 0 Å². The van der Waals surface area contributed by atoms with Crippen LogP contribution in [0.5, 0.6) is 5.75 Å². The van der Waals surface area contributed by atoms with E-state index in [1.807, 2.05) is 17.8 Å². The maximum Gasteiger partial charge on any atom is 0.130 e. The normalized spacial score (nSPS) is 12.4. The average molecular weight is 273 g/mol. The van der Waals surface area contributed by atoms with Crippen molar-refractivity contribution in [2.75, 3.05) is 6.54 Å². The van der Waals surface area contributed by atoms with Crippen LogP contribution in [-0.2, 0) is 13.7 Å². The number of hydrogen-bond donors (Lipinski definition) is 1. The summed E-state index contributed by atoms with van der Waals surface area (Å²) in [4.78, 5) is 4.11. The number of rotatable bonds is 6. The topological polar surface area (TPSA) is 39.1 Å². The molecule has 0 amide bonds. The number of ether oxygens (including phenoxy) is 1. The third-order valence-corrected chi connectivity index (χ3v) is 3.44. The minimum Gasteiger partial charge on any atom is -0.487 e. The van der Waals surface area contributed by atoms with Gasteiger partial charge in [0.15, 0.2) is 0 Å². The summed E-state index contributed by atoms with van der Waals surface area (Å²) < 4.78 is 7.99. The first kappa shape index (κ1) is 14.6. The van der Waals surface area contributed by atoms with Crippen LogP contribution in [0.1, 0.15) is 36.7 Å². The lowest BCUT2D eigenvalue weighted by Crippen LogP contribution is -2.18. The van der Waals surface area contributed by atoms with Gasteiger partial charge in [-0.1, -0.05) is 19.1 Å². The van der Waals surface area contributed by atoms with Crippen LogP contribution in [0.2, 0.25) is 0 Å². The van der Waals surface area contributed by atoms with Crippen molar-refractivity contribution in [1.29, 1.82) is 0 Å². The monoisotopic (exact) mass is 273 g/mol. The first-order valence-electron chi connectivity index (χ1n) is 7.03. The summed E-state index contributed by atoms with van der Waals surface area (Å²) >= 11 is 0. The van der Waals surface area contributed by atoms with Gasteiger partial charge in [0, 0.05) is 18.7 Å². The van der Waals surface area contributed by atoms with Crippen LogP contribution >= 0.6 is 0 Å². The highest BCUT2D eigenvalue weighted by atomic mass is 16.5. The van der Waals surface area contributed by atoms with Gasteiger partial charge in [0.2, 0.25) is 0 Å². The summed E-state index contributed by atoms with van der Waals surface area (Å²) in [6, 6.07) is 6.64. The fraction of sp³-hybridized carbons (Fsp3) is 0.438. The molecule has 0 saturated carbocycles. The number of nitrogens with one attached hydrogen (secondary N) is 1. The zero-order valence-electron chi connectivity index (χ0n) is 12.7. The Morgan fingerprint density at radius 3 is 2.85 bits per heavy atom. The molecule has 2 rings (SSSR count). The molecule has 1 unspecified atom stereocenters. The predicted octanol–water partition coefficient (Wildman–Crippen LogP) is 2.98. The van der Waals surface area contributed by atoms with Gasteiger partial charge >= 0.3 is 0 Å². The lowest BCUT2D eigenvalue weighted by molar-refractivity contribution is 0.291. The molecule has 1 aromatic carbocycles. The molecule has 0 radical (unpaired) electrons. The second-order valence-electron chi connectivity index (χ2n) is 5.11. The fourth-order valence-corrected chi connectivity index (χ4v) is 2.22. The van der Waals surface area contributed by atoms with Gasteiger partial charge in [-0.15, -0.1) is 0 Å². The first-order chi connectivity index (χ1) is 9.61. The second kappa shape index (κ2) is 6.57. The molecule has 20 heavy (non-hydrogen) atoms. The van der Waals surface area contributed by atoms with E-state index in [1.165, 1.54) is 11.1 Å². The Kier molecular flexibility index (Phi) is 4.79. The van der Waals surface area contributed by atoms with Crippen LogP contribution in [0.15, 0.2) is 30.7 Å². The van der Waals surface area contributed by atoms with Crippen LogP contribution in [-0.4, -0.2) is 16.1 Å². The van der Waals surface area contributed by atoms with Crippen molar-refractivity contribution >= 4 is 0 Å². The third-order valence-electron chi connectivity index (χ3n) is 3.44. The van der Waals surface area contributed by atoms with Crippen LogP contribution in [0.3, 0.4) is 0 Å². The minimum atomic E-state index is 0.280. The quantitative estimate of drug-likeness (QED) is 0.879. The molecule has 4 nitrogen and oxygen atoms in total. The zero-order valence-corrected chi connectivity index (χ0v) is 12.7. The Hall–Kier alpha value is -1.81. The lowest BCUT2D eigenvalue weighted by atomic mass is 10.0.